The second-order valence-corrected chi connectivity index (χ2v) is 9.27. The molecule has 36 heavy (non-hydrogen) atoms. The van der Waals surface area contributed by atoms with Crippen LogP contribution in [0, 0.1) is 0 Å². The van der Waals surface area contributed by atoms with E-state index in [2.05, 4.69) is 16.3 Å². The normalized spacial score (nSPS) is 13.7. The summed E-state index contributed by atoms with van der Waals surface area (Å²) in [7, 11) is 0. The van der Waals surface area contributed by atoms with Crippen LogP contribution in [0.3, 0.4) is 0 Å². The van der Waals surface area contributed by atoms with Gasteiger partial charge in [0.05, 0.1) is 24.4 Å². The molecular formula is C28H25N3O4S. The lowest BCUT2D eigenvalue weighted by molar-refractivity contribution is 0.104. The fourth-order valence-corrected chi connectivity index (χ4v) is 4.60. The zero-order valence-electron chi connectivity index (χ0n) is 19.6. The Hall–Kier alpha value is -4.01. The molecule has 1 aliphatic heterocycles. The molecule has 0 radical (unpaired) electrons. The lowest BCUT2D eigenvalue weighted by Gasteiger charge is -2.30. The summed E-state index contributed by atoms with van der Waals surface area (Å²) >= 11 is 1.53. The molecule has 5 rings (SSSR count). The molecule has 1 saturated heterocycles. The number of hydrogen-bond acceptors (Lipinski definition) is 7. The van der Waals surface area contributed by atoms with Crippen LogP contribution in [-0.2, 0) is 16.1 Å². The van der Waals surface area contributed by atoms with Gasteiger partial charge >= 0.3 is 6.09 Å². The van der Waals surface area contributed by atoms with Crippen molar-refractivity contribution in [1.82, 2.24) is 4.98 Å². The smallest absolute Gasteiger partial charge is 0.411 e. The number of aromatic nitrogens is 1. The average molecular weight is 500 g/mol. The van der Waals surface area contributed by atoms with Gasteiger partial charge in [-0.1, -0.05) is 24.3 Å². The summed E-state index contributed by atoms with van der Waals surface area (Å²) in [6, 6.07) is 20.6. The number of allylic oxidation sites excluding steroid dienone is 1. The van der Waals surface area contributed by atoms with Gasteiger partial charge in [0.25, 0.3) is 0 Å². The van der Waals surface area contributed by atoms with Gasteiger partial charge in [-0.2, -0.15) is 0 Å². The summed E-state index contributed by atoms with van der Waals surface area (Å²) in [4.78, 5) is 32.8. The first-order valence-electron chi connectivity index (χ1n) is 11.7. The molecule has 0 aliphatic carbocycles. The molecule has 1 fully saturated rings. The molecule has 4 aromatic rings. The Labute approximate surface area is 213 Å². The number of nitrogens with zero attached hydrogens (tertiary/aromatic N) is 2. The number of hydrogen-bond donors (Lipinski definition) is 1. The molecule has 182 valence electrons. The summed E-state index contributed by atoms with van der Waals surface area (Å²) < 4.78 is 10.7. The van der Waals surface area contributed by atoms with Gasteiger partial charge in [0.15, 0.2) is 5.78 Å². The maximum Gasteiger partial charge on any atom is 0.411 e. The molecular weight excluding hydrogens is 474 g/mol. The van der Waals surface area contributed by atoms with E-state index in [4.69, 9.17) is 14.5 Å². The number of ether oxygens (including phenoxy) is 2. The first-order valence-corrected chi connectivity index (χ1v) is 12.5. The molecule has 1 amide bonds. The van der Waals surface area contributed by atoms with Gasteiger partial charge in [-0.15, -0.1) is 11.3 Å². The van der Waals surface area contributed by atoms with Crippen molar-refractivity contribution in [3.8, 4) is 0 Å². The van der Waals surface area contributed by atoms with E-state index in [0.29, 0.717) is 24.5 Å². The second-order valence-electron chi connectivity index (χ2n) is 8.24. The van der Waals surface area contributed by atoms with Crippen LogP contribution in [-0.4, -0.2) is 43.2 Å². The maximum absolute atomic E-state index is 12.8. The number of pyridine rings is 1. The molecule has 0 bridgehead atoms. The zero-order chi connectivity index (χ0) is 24.7. The van der Waals surface area contributed by atoms with Crippen molar-refractivity contribution in [3.63, 3.8) is 0 Å². The number of para-hydroxylation sites is 1. The predicted molar refractivity (Wildman–Crippen MR) is 143 cm³/mol. The van der Waals surface area contributed by atoms with Crippen molar-refractivity contribution in [1.29, 1.82) is 0 Å². The fourth-order valence-electron chi connectivity index (χ4n) is 3.99. The monoisotopic (exact) mass is 499 g/mol. The largest absolute Gasteiger partial charge is 0.444 e. The number of anilines is 2. The Kier molecular flexibility index (Phi) is 7.35. The van der Waals surface area contributed by atoms with E-state index >= 15 is 0 Å². The van der Waals surface area contributed by atoms with Crippen molar-refractivity contribution in [2.24, 2.45) is 0 Å². The van der Waals surface area contributed by atoms with Gasteiger partial charge in [-0.05, 0) is 60.0 Å². The molecule has 0 saturated carbocycles. The predicted octanol–water partition coefficient (Wildman–Crippen LogP) is 5.78. The first kappa shape index (κ1) is 23.7. The van der Waals surface area contributed by atoms with Crippen LogP contribution in [0.25, 0.3) is 17.0 Å². The minimum absolute atomic E-state index is 0.148. The average Bonchev–Trinajstić information content (AvgIpc) is 3.45. The number of thiophene rings is 1. The third kappa shape index (κ3) is 5.79. The molecule has 2 aromatic carbocycles. The van der Waals surface area contributed by atoms with Gasteiger partial charge in [0.1, 0.15) is 6.61 Å². The Balaban J connectivity index is 1.25. The molecule has 8 heteroatoms. The van der Waals surface area contributed by atoms with Crippen molar-refractivity contribution in [2.45, 2.75) is 6.61 Å². The Morgan fingerprint density at radius 2 is 1.86 bits per heavy atom. The third-order valence-corrected chi connectivity index (χ3v) is 6.66. The van der Waals surface area contributed by atoms with Gasteiger partial charge in [0.2, 0.25) is 0 Å². The summed E-state index contributed by atoms with van der Waals surface area (Å²) in [5.74, 6) is -0.148. The Morgan fingerprint density at radius 3 is 2.64 bits per heavy atom. The Bertz CT molecular complexity index is 1380. The zero-order valence-corrected chi connectivity index (χ0v) is 20.4. The highest BCUT2D eigenvalue weighted by molar-refractivity contribution is 7.09. The number of benzene rings is 2. The van der Waals surface area contributed by atoms with Crippen LogP contribution < -0.4 is 10.2 Å². The van der Waals surface area contributed by atoms with Crippen LogP contribution in [0.5, 0.6) is 0 Å². The maximum atomic E-state index is 12.8. The molecule has 1 N–H and O–H groups in total. The molecule has 1 aliphatic rings. The number of fused-ring (bicyclic) bond motifs is 1. The fraction of sp³-hybridized carbons (Fsp3) is 0.179. The SMILES string of the molecule is O=C(Nc1ccc(C(=O)/C=C/c2cc(N3CCOCC3)c3ccccc3n2)cc1)OCc1cccs1. The van der Waals surface area contributed by atoms with Crippen LogP contribution in [0.4, 0.5) is 16.2 Å². The van der Waals surface area contributed by atoms with E-state index < -0.39 is 6.09 Å². The minimum Gasteiger partial charge on any atom is -0.444 e. The van der Waals surface area contributed by atoms with Crippen LogP contribution in [0.2, 0.25) is 0 Å². The van der Waals surface area contributed by atoms with E-state index in [1.807, 2.05) is 41.8 Å². The van der Waals surface area contributed by atoms with Crippen LogP contribution >= 0.6 is 11.3 Å². The van der Waals surface area contributed by atoms with E-state index in [-0.39, 0.29) is 12.4 Å². The van der Waals surface area contributed by atoms with Crippen molar-refractivity contribution < 1.29 is 19.1 Å². The number of carbonyl (C=O) groups is 2. The summed E-state index contributed by atoms with van der Waals surface area (Å²) in [5, 5.41) is 5.69. The van der Waals surface area contributed by atoms with Gasteiger partial charge in [-0.3, -0.25) is 10.1 Å². The standard InChI is InChI=1S/C28H25N3O4S/c32-27(20-7-9-21(10-8-20)30-28(33)35-19-23-4-3-17-36-23)12-11-22-18-26(31-13-15-34-16-14-31)24-5-1-2-6-25(24)29-22/h1-12,17-18H,13-16,19H2,(H,30,33)/b12-11+. The Morgan fingerprint density at radius 1 is 1.06 bits per heavy atom. The molecule has 0 unspecified atom stereocenters. The number of amides is 1. The molecule has 7 nitrogen and oxygen atoms in total. The van der Waals surface area contributed by atoms with Crippen LogP contribution in [0.1, 0.15) is 20.9 Å². The van der Waals surface area contributed by atoms with Crippen molar-refractivity contribution in [2.75, 3.05) is 36.5 Å². The highest BCUT2D eigenvalue weighted by atomic mass is 32.1. The number of rotatable bonds is 7. The summed E-state index contributed by atoms with van der Waals surface area (Å²) in [6.07, 6.45) is 2.73. The highest BCUT2D eigenvalue weighted by Crippen LogP contribution is 2.28. The topological polar surface area (TPSA) is 80.8 Å². The quantitative estimate of drug-likeness (QED) is 0.257. The number of ketones is 1. The first-order chi connectivity index (χ1) is 17.7. The molecule has 0 atom stereocenters. The summed E-state index contributed by atoms with van der Waals surface area (Å²) in [5.41, 5.74) is 3.76. The lowest BCUT2D eigenvalue weighted by Crippen LogP contribution is -2.36. The number of nitrogens with one attached hydrogen (secondary N) is 1. The van der Waals surface area contributed by atoms with E-state index in [1.54, 1.807) is 30.3 Å². The number of morpholine rings is 1. The third-order valence-electron chi connectivity index (χ3n) is 5.81. The van der Waals surface area contributed by atoms with Gasteiger partial charge in [-0.25, -0.2) is 9.78 Å². The summed E-state index contributed by atoms with van der Waals surface area (Å²) in [6.45, 7) is 3.24. The second kappa shape index (κ2) is 11.2. The minimum atomic E-state index is -0.541. The molecule has 2 aromatic heterocycles. The molecule has 3 heterocycles. The van der Waals surface area contributed by atoms with Gasteiger partial charge in [0, 0.05) is 40.3 Å². The van der Waals surface area contributed by atoms with Gasteiger partial charge < -0.3 is 14.4 Å². The van der Waals surface area contributed by atoms with Crippen molar-refractivity contribution in [3.05, 3.63) is 94.3 Å². The van der Waals surface area contributed by atoms with E-state index in [1.165, 1.54) is 17.4 Å². The molecule has 0 spiro atoms. The van der Waals surface area contributed by atoms with Crippen molar-refractivity contribution >= 4 is 51.6 Å². The number of carbonyl (C=O) groups excluding carboxylic acids is 2. The highest BCUT2D eigenvalue weighted by Gasteiger charge is 2.15. The van der Waals surface area contributed by atoms with Crippen LogP contribution in [0.15, 0.2) is 78.2 Å². The van der Waals surface area contributed by atoms with E-state index in [0.717, 1.165) is 40.3 Å². The lowest BCUT2D eigenvalue weighted by atomic mass is 10.1. The van der Waals surface area contributed by atoms with E-state index in [9.17, 15) is 9.59 Å².